The fourth-order valence-electron chi connectivity index (χ4n) is 2.76. The lowest BCUT2D eigenvalue weighted by atomic mass is 10.1. The van der Waals surface area contributed by atoms with Crippen molar-refractivity contribution >= 4 is 16.3 Å². The summed E-state index contributed by atoms with van der Waals surface area (Å²) in [6, 6.07) is 19.3. The van der Waals surface area contributed by atoms with E-state index in [1.165, 1.54) is 33.2 Å². The molecule has 0 aliphatic heterocycles. The van der Waals surface area contributed by atoms with Crippen LogP contribution in [0.15, 0.2) is 66.2 Å². The summed E-state index contributed by atoms with van der Waals surface area (Å²) >= 11 is 1.78. The molecule has 4 rings (SSSR count). The Balaban J connectivity index is 0.00000156. The predicted molar refractivity (Wildman–Crippen MR) is 91.7 cm³/mol. The normalized spacial score (nSPS) is 10.7. The van der Waals surface area contributed by atoms with Gasteiger partial charge in [-0.15, -0.1) is 0 Å². The fourth-order valence-corrected chi connectivity index (χ4v) is 3.77. The molecule has 0 aliphatic rings. The van der Waals surface area contributed by atoms with Crippen LogP contribution >= 0.6 is 11.3 Å². The van der Waals surface area contributed by atoms with Crippen LogP contribution in [0.5, 0.6) is 0 Å². The minimum absolute atomic E-state index is 0. The van der Waals surface area contributed by atoms with Crippen molar-refractivity contribution in [2.75, 3.05) is 0 Å². The second kappa shape index (κ2) is 6.30. The molecule has 2 aromatic carbocycles. The van der Waals surface area contributed by atoms with Gasteiger partial charge in [0.1, 0.15) is 17.6 Å². The van der Waals surface area contributed by atoms with E-state index in [1.54, 1.807) is 11.3 Å². The van der Waals surface area contributed by atoms with E-state index < -0.39 is 0 Å². The van der Waals surface area contributed by atoms with E-state index in [0.717, 1.165) is 0 Å². The van der Waals surface area contributed by atoms with Crippen molar-refractivity contribution in [3.8, 4) is 16.9 Å². The molecule has 0 spiro atoms. The third-order valence-corrected chi connectivity index (χ3v) is 5.02. The average Bonchev–Trinajstić information content (AvgIpc) is 3.09. The summed E-state index contributed by atoms with van der Waals surface area (Å²) in [4.78, 5) is 1.24. The largest absolute Gasteiger partial charge is 1.00 e. The summed E-state index contributed by atoms with van der Waals surface area (Å²) < 4.78 is 4.61. The Hall–Kier alpha value is -1.91. The highest BCUT2D eigenvalue weighted by Gasteiger charge is 2.23. The third-order valence-electron chi connectivity index (χ3n) is 3.97. The lowest BCUT2D eigenvalue weighted by molar-refractivity contribution is -0.552. The van der Waals surface area contributed by atoms with Crippen LogP contribution in [0.25, 0.3) is 21.9 Å². The Labute approximate surface area is 150 Å². The number of benzene rings is 2. The molecule has 0 radical (unpaired) electrons. The van der Waals surface area contributed by atoms with Crippen molar-refractivity contribution in [1.82, 2.24) is 4.40 Å². The summed E-state index contributed by atoms with van der Waals surface area (Å²) in [5.74, 6) is 0. The number of rotatable bonds is 2. The smallest absolute Gasteiger partial charge is 0.351 e. The van der Waals surface area contributed by atoms with Crippen molar-refractivity contribution < 1.29 is 21.5 Å². The van der Waals surface area contributed by atoms with Gasteiger partial charge in [-0.3, -0.25) is 0 Å². The predicted octanol–water partition coefficient (Wildman–Crippen LogP) is 1.57. The van der Waals surface area contributed by atoms with Crippen LogP contribution in [0.4, 0.5) is 0 Å². The maximum atomic E-state index is 2.34. The molecule has 0 saturated heterocycles. The van der Waals surface area contributed by atoms with Gasteiger partial charge in [0.2, 0.25) is 0 Å². The average molecular weight is 385 g/mol. The molecule has 4 heteroatoms. The lowest BCUT2D eigenvalue weighted by Crippen LogP contribution is -3.00. The summed E-state index contributed by atoms with van der Waals surface area (Å²) in [5, 5.41) is 2.20. The SMILES string of the molecule is Cc1ccc(-c2cn3c(C)csc3[n+]2-c2ccccc2)cc1.[Br-]. The van der Waals surface area contributed by atoms with Crippen LogP contribution in [-0.4, -0.2) is 4.40 Å². The second-order valence-electron chi connectivity index (χ2n) is 5.58. The van der Waals surface area contributed by atoms with Crippen LogP contribution in [0.2, 0.25) is 0 Å². The Morgan fingerprint density at radius 3 is 2.30 bits per heavy atom. The molecule has 2 heterocycles. The van der Waals surface area contributed by atoms with Crippen LogP contribution in [-0.2, 0) is 0 Å². The highest BCUT2D eigenvalue weighted by atomic mass is 79.9. The standard InChI is InChI=1S/C19H17N2S.BrH/c1-14-8-10-16(11-9-14)18-12-20-15(2)13-22-19(20)21(18)17-6-4-3-5-7-17;/h3-13H,1-2H3;1H/q+1;/p-1. The molecule has 4 aromatic rings. The van der Waals surface area contributed by atoms with E-state index in [-0.39, 0.29) is 17.0 Å². The number of halogens is 1. The van der Waals surface area contributed by atoms with E-state index >= 15 is 0 Å². The van der Waals surface area contributed by atoms with Gasteiger partial charge in [0.15, 0.2) is 5.69 Å². The van der Waals surface area contributed by atoms with Crippen LogP contribution in [0.1, 0.15) is 11.3 Å². The number of hydrogen-bond acceptors (Lipinski definition) is 1. The van der Waals surface area contributed by atoms with E-state index in [2.05, 4.69) is 89.0 Å². The highest BCUT2D eigenvalue weighted by Crippen LogP contribution is 2.24. The number of nitrogens with zero attached hydrogens (tertiary/aromatic N) is 2. The van der Waals surface area contributed by atoms with E-state index in [9.17, 15) is 0 Å². The van der Waals surface area contributed by atoms with Gasteiger partial charge in [0, 0.05) is 10.9 Å². The fraction of sp³-hybridized carbons (Fsp3) is 0.105. The number of aryl methyl sites for hydroxylation is 2. The molecule has 0 saturated carbocycles. The van der Waals surface area contributed by atoms with Crippen molar-refractivity contribution in [3.63, 3.8) is 0 Å². The molecule has 0 aliphatic carbocycles. The molecule has 0 N–H and O–H groups in total. The van der Waals surface area contributed by atoms with Gasteiger partial charge in [-0.25, -0.2) is 0 Å². The quantitative estimate of drug-likeness (QED) is 0.463. The highest BCUT2D eigenvalue weighted by molar-refractivity contribution is 7.14. The van der Waals surface area contributed by atoms with E-state index in [0.29, 0.717) is 0 Å². The number of hydrogen-bond donors (Lipinski definition) is 0. The number of imidazole rings is 1. The molecule has 2 aromatic heterocycles. The Morgan fingerprint density at radius 1 is 0.913 bits per heavy atom. The maximum Gasteiger partial charge on any atom is 0.351 e. The molecule has 0 fully saturated rings. The molecular formula is C19H17BrN2S. The molecular weight excluding hydrogens is 368 g/mol. The summed E-state index contributed by atoms with van der Waals surface area (Å²) in [7, 11) is 0. The van der Waals surface area contributed by atoms with E-state index in [4.69, 9.17) is 0 Å². The monoisotopic (exact) mass is 384 g/mol. The molecule has 23 heavy (non-hydrogen) atoms. The zero-order valence-corrected chi connectivity index (χ0v) is 15.4. The summed E-state index contributed by atoms with van der Waals surface area (Å²) in [5.41, 5.74) is 6.21. The van der Waals surface area contributed by atoms with Gasteiger partial charge in [-0.2, -0.15) is 8.97 Å². The number of fused-ring (bicyclic) bond motifs is 1. The van der Waals surface area contributed by atoms with Gasteiger partial charge in [-0.1, -0.05) is 59.4 Å². The van der Waals surface area contributed by atoms with E-state index in [1.807, 2.05) is 0 Å². The first-order chi connectivity index (χ1) is 10.7. The summed E-state index contributed by atoms with van der Waals surface area (Å²) in [6.07, 6.45) is 2.23. The van der Waals surface area contributed by atoms with Crippen LogP contribution < -0.4 is 21.5 Å². The zero-order chi connectivity index (χ0) is 15.1. The third kappa shape index (κ3) is 2.73. The Morgan fingerprint density at radius 2 is 1.61 bits per heavy atom. The van der Waals surface area contributed by atoms with Crippen molar-refractivity contribution in [2.45, 2.75) is 13.8 Å². The van der Waals surface area contributed by atoms with Gasteiger partial charge >= 0.3 is 4.96 Å². The van der Waals surface area contributed by atoms with Crippen LogP contribution in [0, 0.1) is 13.8 Å². The Bertz CT molecular complexity index is 937. The van der Waals surface area contributed by atoms with Gasteiger partial charge in [0.05, 0.1) is 0 Å². The number of para-hydroxylation sites is 1. The molecule has 2 nitrogen and oxygen atoms in total. The second-order valence-corrected chi connectivity index (χ2v) is 6.42. The van der Waals surface area contributed by atoms with Crippen molar-refractivity contribution in [1.29, 1.82) is 0 Å². The first-order valence-electron chi connectivity index (χ1n) is 7.38. The van der Waals surface area contributed by atoms with Gasteiger partial charge in [0.25, 0.3) is 0 Å². The minimum atomic E-state index is 0. The first kappa shape index (κ1) is 16.0. The molecule has 116 valence electrons. The van der Waals surface area contributed by atoms with Crippen molar-refractivity contribution in [3.05, 3.63) is 77.4 Å². The molecule has 0 atom stereocenters. The zero-order valence-electron chi connectivity index (χ0n) is 13.0. The lowest BCUT2D eigenvalue weighted by Gasteiger charge is -2.02. The van der Waals surface area contributed by atoms with Crippen LogP contribution in [0.3, 0.4) is 0 Å². The van der Waals surface area contributed by atoms with Gasteiger partial charge < -0.3 is 17.0 Å². The number of aromatic nitrogens is 2. The van der Waals surface area contributed by atoms with Gasteiger partial charge in [-0.05, 0) is 26.0 Å². The number of thiazole rings is 1. The molecule has 0 unspecified atom stereocenters. The Kier molecular flexibility index (Phi) is 4.37. The summed E-state index contributed by atoms with van der Waals surface area (Å²) in [6.45, 7) is 4.27. The topological polar surface area (TPSA) is 8.29 Å². The van der Waals surface area contributed by atoms with Crippen molar-refractivity contribution in [2.24, 2.45) is 0 Å². The molecule has 0 bridgehead atoms. The molecule has 0 amide bonds. The minimum Gasteiger partial charge on any atom is -1.00 e. The first-order valence-corrected chi connectivity index (χ1v) is 8.26. The maximum absolute atomic E-state index is 2.34.